The number of hydrogen-bond donors (Lipinski definition) is 1. The van der Waals surface area contributed by atoms with E-state index in [2.05, 4.69) is 10.3 Å². The van der Waals surface area contributed by atoms with Crippen LogP contribution in [0.4, 0.5) is 5.69 Å². The maximum Gasteiger partial charge on any atom is 0.182 e. The van der Waals surface area contributed by atoms with Gasteiger partial charge in [-0.1, -0.05) is 18.2 Å². The Kier molecular flexibility index (Phi) is 3.04. The fraction of sp³-hybridized carbons (Fsp3) is 0.200. The van der Waals surface area contributed by atoms with Crippen molar-refractivity contribution in [2.75, 3.05) is 0 Å². The van der Waals surface area contributed by atoms with E-state index in [4.69, 9.17) is 5.26 Å². The van der Waals surface area contributed by atoms with Crippen LogP contribution in [0.25, 0.3) is 0 Å². The minimum atomic E-state index is 0.922. The predicted molar refractivity (Wildman–Crippen MR) is 52.8 cm³/mol. The number of para-hydroxylation sites is 1. The van der Waals surface area contributed by atoms with Crippen LogP contribution >= 0.6 is 0 Å². The van der Waals surface area contributed by atoms with E-state index in [1.807, 2.05) is 32.0 Å². The molecule has 0 unspecified atom stereocenters. The van der Waals surface area contributed by atoms with Gasteiger partial charge in [-0.3, -0.25) is 5.32 Å². The minimum absolute atomic E-state index is 0.922. The quantitative estimate of drug-likeness (QED) is 0.322. The fourth-order valence-corrected chi connectivity index (χ4v) is 1.13. The molecule has 0 aliphatic rings. The largest absolute Gasteiger partial charge is 0.283 e. The lowest BCUT2D eigenvalue weighted by Crippen LogP contribution is -1.99. The summed E-state index contributed by atoms with van der Waals surface area (Å²) in [6.07, 6.45) is 3.18. The Morgan fingerprint density at radius 1 is 1.38 bits per heavy atom. The summed E-state index contributed by atoms with van der Waals surface area (Å²) in [7, 11) is 0. The highest BCUT2D eigenvalue weighted by Gasteiger charge is 1.97. The number of nitriles is 1. The van der Waals surface area contributed by atoms with E-state index in [1.165, 1.54) is 6.34 Å². The summed E-state index contributed by atoms with van der Waals surface area (Å²) in [5.74, 6) is 0. The zero-order chi connectivity index (χ0) is 9.68. The Balaban J connectivity index is 2.94. The molecule has 0 radical (unpaired) electrons. The summed E-state index contributed by atoms with van der Waals surface area (Å²) < 4.78 is 0. The van der Waals surface area contributed by atoms with Gasteiger partial charge in [-0.15, -0.1) is 0 Å². The van der Waals surface area contributed by atoms with E-state index < -0.39 is 0 Å². The van der Waals surface area contributed by atoms with Crippen LogP contribution in [0.15, 0.2) is 23.2 Å². The van der Waals surface area contributed by atoms with Crippen LogP contribution in [-0.2, 0) is 0 Å². The molecule has 1 rings (SSSR count). The van der Waals surface area contributed by atoms with Crippen LogP contribution in [-0.4, -0.2) is 6.34 Å². The monoisotopic (exact) mass is 173 g/mol. The molecule has 0 fully saturated rings. The normalized spacial score (nSPS) is 9.92. The molecule has 0 saturated carbocycles. The third-order valence-electron chi connectivity index (χ3n) is 1.76. The molecule has 0 bridgehead atoms. The molecule has 3 heteroatoms. The number of hydrogen-bond acceptors (Lipinski definition) is 2. The second-order valence-corrected chi connectivity index (χ2v) is 2.75. The molecular weight excluding hydrogens is 162 g/mol. The molecule has 66 valence electrons. The van der Waals surface area contributed by atoms with Gasteiger partial charge in [0.15, 0.2) is 6.19 Å². The van der Waals surface area contributed by atoms with Gasteiger partial charge in [-0.25, -0.2) is 4.99 Å². The molecule has 13 heavy (non-hydrogen) atoms. The van der Waals surface area contributed by atoms with Crippen LogP contribution in [0.3, 0.4) is 0 Å². The number of aryl methyl sites for hydroxylation is 2. The Morgan fingerprint density at radius 2 is 2.00 bits per heavy atom. The van der Waals surface area contributed by atoms with Crippen LogP contribution in [0.2, 0.25) is 0 Å². The predicted octanol–water partition coefficient (Wildman–Crippen LogP) is 2.03. The third kappa shape index (κ3) is 2.31. The number of nitrogens with one attached hydrogen (secondary N) is 1. The lowest BCUT2D eigenvalue weighted by atomic mass is 10.1. The van der Waals surface area contributed by atoms with E-state index in [-0.39, 0.29) is 0 Å². The number of aliphatic imine (C=N–C) groups is 1. The zero-order valence-electron chi connectivity index (χ0n) is 7.70. The van der Waals surface area contributed by atoms with Gasteiger partial charge in [0.2, 0.25) is 0 Å². The van der Waals surface area contributed by atoms with Crippen LogP contribution in [0, 0.1) is 25.3 Å². The first-order chi connectivity index (χ1) is 6.25. The van der Waals surface area contributed by atoms with E-state index in [0.29, 0.717) is 0 Å². The van der Waals surface area contributed by atoms with Crippen LogP contribution in [0.1, 0.15) is 11.1 Å². The maximum atomic E-state index is 8.23. The summed E-state index contributed by atoms with van der Waals surface area (Å²) in [5, 5.41) is 10.6. The van der Waals surface area contributed by atoms with Crippen molar-refractivity contribution in [1.82, 2.24) is 5.32 Å². The smallest absolute Gasteiger partial charge is 0.182 e. The average molecular weight is 173 g/mol. The average Bonchev–Trinajstić information content (AvgIpc) is 2.10. The molecule has 0 spiro atoms. The molecule has 0 atom stereocenters. The fourth-order valence-electron chi connectivity index (χ4n) is 1.13. The topological polar surface area (TPSA) is 48.2 Å². The van der Waals surface area contributed by atoms with Gasteiger partial charge >= 0.3 is 0 Å². The van der Waals surface area contributed by atoms with E-state index >= 15 is 0 Å². The third-order valence-corrected chi connectivity index (χ3v) is 1.76. The summed E-state index contributed by atoms with van der Waals surface area (Å²) in [4.78, 5) is 4.14. The molecule has 0 heterocycles. The first kappa shape index (κ1) is 9.27. The lowest BCUT2D eigenvalue weighted by molar-refractivity contribution is 1.27. The molecule has 1 aromatic rings. The number of benzene rings is 1. The van der Waals surface area contributed by atoms with Crippen molar-refractivity contribution in [1.29, 1.82) is 5.26 Å². The Morgan fingerprint density at radius 3 is 2.54 bits per heavy atom. The SMILES string of the molecule is Cc1cccc(C)c1N=CNC#N. The molecule has 0 aliphatic carbocycles. The molecule has 1 aromatic carbocycles. The lowest BCUT2D eigenvalue weighted by Gasteiger charge is -2.02. The van der Waals surface area contributed by atoms with Gasteiger partial charge in [-0.05, 0) is 25.0 Å². The molecular formula is C10H11N3. The van der Waals surface area contributed by atoms with Crippen molar-refractivity contribution in [3.63, 3.8) is 0 Å². The van der Waals surface area contributed by atoms with Crippen molar-refractivity contribution < 1.29 is 0 Å². The summed E-state index contributed by atoms with van der Waals surface area (Å²) in [6.45, 7) is 3.98. The first-order valence-corrected chi connectivity index (χ1v) is 3.99. The molecule has 0 aliphatic heterocycles. The van der Waals surface area contributed by atoms with Gasteiger partial charge < -0.3 is 0 Å². The summed E-state index contributed by atoms with van der Waals surface area (Å²) in [5.41, 5.74) is 3.14. The van der Waals surface area contributed by atoms with Crippen LogP contribution < -0.4 is 5.32 Å². The molecule has 3 nitrogen and oxygen atoms in total. The van der Waals surface area contributed by atoms with E-state index in [0.717, 1.165) is 16.8 Å². The standard InChI is InChI=1S/C10H11N3/c1-8-4-3-5-9(2)10(8)13-7-12-6-11/h3-5,7H,1-2H3,(H,12,13). The maximum absolute atomic E-state index is 8.23. The van der Waals surface area contributed by atoms with Crippen molar-refractivity contribution >= 4 is 12.0 Å². The van der Waals surface area contributed by atoms with Gasteiger partial charge in [0, 0.05) is 0 Å². The minimum Gasteiger partial charge on any atom is -0.283 e. The van der Waals surface area contributed by atoms with E-state index in [9.17, 15) is 0 Å². The van der Waals surface area contributed by atoms with Gasteiger partial charge in [0.1, 0.15) is 6.34 Å². The molecule has 0 aromatic heterocycles. The Bertz CT molecular complexity index is 341. The summed E-state index contributed by atoms with van der Waals surface area (Å²) >= 11 is 0. The summed E-state index contributed by atoms with van der Waals surface area (Å²) in [6, 6.07) is 5.97. The Hall–Kier alpha value is -1.82. The molecule has 0 amide bonds. The van der Waals surface area contributed by atoms with Gasteiger partial charge in [-0.2, -0.15) is 5.26 Å². The van der Waals surface area contributed by atoms with Crippen molar-refractivity contribution in [2.45, 2.75) is 13.8 Å². The highest BCUT2D eigenvalue weighted by Crippen LogP contribution is 2.21. The number of nitrogens with zero attached hydrogens (tertiary/aromatic N) is 2. The second-order valence-electron chi connectivity index (χ2n) is 2.75. The molecule has 1 N–H and O–H groups in total. The van der Waals surface area contributed by atoms with Gasteiger partial charge in [0.05, 0.1) is 5.69 Å². The number of rotatable bonds is 2. The first-order valence-electron chi connectivity index (χ1n) is 3.99. The van der Waals surface area contributed by atoms with Crippen molar-refractivity contribution in [3.05, 3.63) is 29.3 Å². The van der Waals surface area contributed by atoms with Crippen molar-refractivity contribution in [2.24, 2.45) is 4.99 Å². The highest BCUT2D eigenvalue weighted by atomic mass is 14.9. The zero-order valence-corrected chi connectivity index (χ0v) is 7.70. The Labute approximate surface area is 77.7 Å². The van der Waals surface area contributed by atoms with Crippen LogP contribution in [0.5, 0.6) is 0 Å². The van der Waals surface area contributed by atoms with Gasteiger partial charge in [0.25, 0.3) is 0 Å². The second kappa shape index (κ2) is 4.27. The van der Waals surface area contributed by atoms with E-state index in [1.54, 1.807) is 6.19 Å². The van der Waals surface area contributed by atoms with Crippen molar-refractivity contribution in [3.8, 4) is 6.19 Å². The molecule has 0 saturated heterocycles. The highest BCUT2D eigenvalue weighted by molar-refractivity contribution is 5.65.